The molecule has 4 aromatic carbocycles. The number of nitriles is 1. The van der Waals surface area contributed by atoms with Crippen LogP contribution in [0.4, 0.5) is 34.1 Å². The van der Waals surface area contributed by atoms with Crippen molar-refractivity contribution in [2.75, 3.05) is 31.0 Å². The minimum absolute atomic E-state index is 0.00795. The van der Waals surface area contributed by atoms with Gasteiger partial charge in [-0.15, -0.1) is 20.5 Å². The first-order valence-electron chi connectivity index (χ1n) is 20.0. The molecule has 70 heavy (non-hydrogen) atoms. The van der Waals surface area contributed by atoms with E-state index in [0.717, 1.165) is 6.07 Å². The van der Waals surface area contributed by atoms with E-state index in [-0.39, 0.29) is 99.9 Å². The third kappa shape index (κ3) is 14.8. The molecule has 372 valence electrons. The van der Waals surface area contributed by atoms with Crippen molar-refractivity contribution in [3.8, 4) is 23.4 Å². The van der Waals surface area contributed by atoms with Gasteiger partial charge >= 0.3 is 0 Å². The Morgan fingerprint density at radius 2 is 1.16 bits per heavy atom. The maximum atomic E-state index is 12.1. The highest BCUT2D eigenvalue weighted by atomic mass is 32.2. The van der Waals surface area contributed by atoms with Crippen molar-refractivity contribution in [2.45, 2.75) is 45.1 Å². The molecule has 2 heterocycles. The molecule has 6 N–H and O–H groups in total. The van der Waals surface area contributed by atoms with Crippen LogP contribution in [0.5, 0.6) is 17.4 Å². The number of ether oxygens (including phenoxy) is 2. The van der Waals surface area contributed by atoms with Crippen LogP contribution in [0.2, 0.25) is 0 Å². The summed E-state index contributed by atoms with van der Waals surface area (Å²) in [5, 5.41) is 56.5. The fourth-order valence-electron chi connectivity index (χ4n) is 6.26. The number of nitrogens with zero attached hydrogens (tertiary/aromatic N) is 9. The molecule has 0 unspecified atom stereocenters. The predicted octanol–water partition coefficient (Wildman–Crippen LogP) is 7.79. The lowest BCUT2D eigenvalue weighted by molar-refractivity contribution is 0.281. The fraction of sp³-hybridized carbons (Fsp3) is 0.268. The van der Waals surface area contributed by atoms with Crippen molar-refractivity contribution in [3.05, 3.63) is 94.5 Å². The molecule has 0 radical (unpaired) electrons. The zero-order valence-electron chi connectivity index (χ0n) is 37.2. The van der Waals surface area contributed by atoms with Gasteiger partial charge in [-0.1, -0.05) is 18.2 Å². The topological polar surface area (TPSA) is 392 Å². The van der Waals surface area contributed by atoms with Crippen molar-refractivity contribution in [1.29, 1.82) is 5.26 Å². The van der Waals surface area contributed by atoms with Gasteiger partial charge in [0, 0.05) is 17.7 Å². The van der Waals surface area contributed by atoms with Crippen LogP contribution in [0, 0.1) is 32.1 Å². The van der Waals surface area contributed by atoms with Gasteiger partial charge in [-0.05, 0) is 86.7 Å². The molecule has 6 rings (SSSR count). The van der Waals surface area contributed by atoms with Gasteiger partial charge in [-0.25, -0.2) is 4.98 Å². The summed E-state index contributed by atoms with van der Waals surface area (Å²) in [6.45, 7) is 3.90. The number of rotatable bonds is 18. The molecule has 0 aliphatic heterocycles. The van der Waals surface area contributed by atoms with Crippen molar-refractivity contribution in [1.82, 2.24) is 9.38 Å². The van der Waals surface area contributed by atoms with E-state index in [1.165, 1.54) is 40.8 Å². The van der Waals surface area contributed by atoms with Gasteiger partial charge in [0.15, 0.2) is 11.3 Å². The molecule has 0 spiro atoms. The second-order valence-electron chi connectivity index (χ2n) is 15.0. The summed E-state index contributed by atoms with van der Waals surface area (Å²) in [4.78, 5) is 3.90. The first-order valence-corrected chi connectivity index (χ1v) is 26.5. The SMILES string of the molecule is CS(=O)(=O)O.Cc1cc(N=Nc2c(C)c(C#N)c3nc4ccccc4n3c2O)c(OCCCS(=O)(=O)O)cc1N=Nc1cc(C)c(N=Nc2ccc(CO)cc2S(=O)(=O)O)cc1OCCCS(=O)(=O)O. The number of aliphatic hydroxyl groups excluding tert-OH is 1. The smallest absolute Gasteiger partial charge is 0.296 e. The van der Waals surface area contributed by atoms with Gasteiger partial charge in [-0.2, -0.15) is 49.2 Å². The zero-order chi connectivity index (χ0) is 51.8. The number of aromatic nitrogens is 2. The lowest BCUT2D eigenvalue weighted by atomic mass is 10.1. The van der Waals surface area contributed by atoms with Crippen LogP contribution >= 0.6 is 0 Å². The van der Waals surface area contributed by atoms with Crippen molar-refractivity contribution < 1.29 is 71.6 Å². The van der Waals surface area contributed by atoms with Crippen LogP contribution in [0.25, 0.3) is 16.7 Å². The summed E-state index contributed by atoms with van der Waals surface area (Å²) in [5.41, 5.74) is 3.01. The van der Waals surface area contributed by atoms with Gasteiger partial charge in [0.1, 0.15) is 45.1 Å². The summed E-state index contributed by atoms with van der Waals surface area (Å²) < 4.78 is 137. The zero-order valence-corrected chi connectivity index (χ0v) is 40.5. The van der Waals surface area contributed by atoms with Gasteiger partial charge < -0.3 is 19.7 Å². The number of hydrogen-bond donors (Lipinski definition) is 6. The number of fused-ring (bicyclic) bond motifs is 3. The monoisotopic (exact) mass is 1050 g/mol. The lowest BCUT2D eigenvalue weighted by Gasteiger charge is -2.12. The van der Waals surface area contributed by atoms with E-state index >= 15 is 0 Å². The molecule has 0 amide bonds. The molecular formula is C41H43N9O16S4. The van der Waals surface area contributed by atoms with E-state index in [2.05, 4.69) is 41.7 Å². The highest BCUT2D eigenvalue weighted by Gasteiger charge is 2.22. The fourth-order valence-corrected chi connectivity index (χ4v) is 7.90. The third-order valence-corrected chi connectivity index (χ3v) is 12.0. The van der Waals surface area contributed by atoms with Gasteiger partial charge in [-0.3, -0.25) is 22.6 Å². The van der Waals surface area contributed by atoms with Crippen LogP contribution in [-0.4, -0.2) is 102 Å². The molecular weight excluding hydrogens is 1000 g/mol. The van der Waals surface area contributed by atoms with E-state index < -0.39 is 63.5 Å². The Morgan fingerprint density at radius 3 is 1.64 bits per heavy atom. The number of para-hydroxylation sites is 2. The minimum Gasteiger partial charge on any atom is -0.493 e. The predicted molar refractivity (Wildman–Crippen MR) is 251 cm³/mol. The molecule has 0 saturated heterocycles. The number of azo groups is 3. The molecule has 0 fully saturated rings. The van der Waals surface area contributed by atoms with E-state index in [1.807, 2.05) is 0 Å². The number of benzene rings is 4. The highest BCUT2D eigenvalue weighted by molar-refractivity contribution is 7.86. The second kappa shape index (κ2) is 22.3. The largest absolute Gasteiger partial charge is 0.493 e. The van der Waals surface area contributed by atoms with Crippen LogP contribution in [0.15, 0.2) is 102 Å². The number of imidazole rings is 1. The Hall–Kier alpha value is -6.88. The molecule has 0 aliphatic carbocycles. The second-order valence-corrected chi connectivity index (χ2v) is 21.0. The molecule has 2 aromatic heterocycles. The average Bonchev–Trinajstić information content (AvgIpc) is 3.65. The molecule has 0 atom stereocenters. The summed E-state index contributed by atoms with van der Waals surface area (Å²) in [6.07, 6.45) is 0.458. The van der Waals surface area contributed by atoms with Crippen molar-refractivity contribution in [2.24, 2.45) is 30.7 Å². The van der Waals surface area contributed by atoms with E-state index in [4.69, 9.17) is 14.0 Å². The van der Waals surface area contributed by atoms with Crippen LogP contribution in [0.1, 0.15) is 40.7 Å². The van der Waals surface area contributed by atoms with Crippen LogP contribution < -0.4 is 9.47 Å². The Balaban J connectivity index is 0.00000173. The Morgan fingerprint density at radius 1 is 0.671 bits per heavy atom. The summed E-state index contributed by atoms with van der Waals surface area (Å²) in [7, 11) is -17.1. The Labute approximate surface area is 400 Å². The van der Waals surface area contributed by atoms with E-state index in [9.17, 15) is 62.8 Å². The maximum absolute atomic E-state index is 12.1. The molecule has 0 saturated carbocycles. The summed E-state index contributed by atoms with van der Waals surface area (Å²) >= 11 is 0. The lowest BCUT2D eigenvalue weighted by Crippen LogP contribution is -2.08. The van der Waals surface area contributed by atoms with Gasteiger partial charge in [0.05, 0.1) is 60.0 Å². The maximum Gasteiger partial charge on any atom is 0.296 e. The van der Waals surface area contributed by atoms with Crippen LogP contribution in [-0.2, 0) is 47.1 Å². The molecule has 0 bridgehead atoms. The van der Waals surface area contributed by atoms with E-state index in [0.29, 0.717) is 28.4 Å². The van der Waals surface area contributed by atoms with Crippen molar-refractivity contribution >= 4 is 91.3 Å². The van der Waals surface area contributed by atoms with Crippen molar-refractivity contribution in [3.63, 3.8) is 0 Å². The van der Waals surface area contributed by atoms with E-state index in [1.54, 1.807) is 45.0 Å². The molecule has 25 nitrogen and oxygen atoms in total. The average molecular weight is 1050 g/mol. The first kappa shape index (κ1) is 54.1. The first-order chi connectivity index (χ1) is 32.7. The van der Waals surface area contributed by atoms with Crippen LogP contribution in [0.3, 0.4) is 0 Å². The number of aromatic hydroxyl groups is 1. The summed E-state index contributed by atoms with van der Waals surface area (Å²) in [5.74, 6) is -1.53. The number of hydrogen-bond acceptors (Lipinski definition) is 20. The Kier molecular flexibility index (Phi) is 17.2. The molecule has 29 heteroatoms. The number of pyridine rings is 1. The number of aryl methyl sites for hydroxylation is 2. The Bertz CT molecular complexity index is 3570. The van der Waals surface area contributed by atoms with Gasteiger partial charge in [0.2, 0.25) is 5.88 Å². The summed E-state index contributed by atoms with van der Waals surface area (Å²) in [6, 6.07) is 18.5. The number of aliphatic hydroxyl groups is 1. The molecule has 6 aromatic rings. The highest BCUT2D eigenvalue weighted by Crippen LogP contribution is 2.42. The quantitative estimate of drug-likeness (QED) is 0.0271. The third-order valence-electron chi connectivity index (χ3n) is 9.49. The standard InChI is InChI=1S/C40H39N9O13S3.CH4O3S/c1-23-16-32(35(61-12-6-14-63(52,53)54)19-30(23)44-43-29-11-10-26(22-50)18-37(29)65(58,59)60)46-45-31-20-36(62-13-7-15-64(55,56)57)33(17-24(31)2)47-48-38-25(3)27(21-41)39-42-28-8-4-5-9-34(28)49(39)40(38)51;1-5(2,3)4/h4-5,8-11,16-20,50-51H,6-7,12-15,22H2,1-3H3,(H,52,53,54)(H,55,56,57)(H,58,59,60);1H3,(H,2,3,4). The van der Waals surface area contributed by atoms with Gasteiger partial charge in [0.25, 0.3) is 40.5 Å². The minimum atomic E-state index is -4.78. The normalized spacial score (nSPS) is 12.5. The molecule has 0 aliphatic rings.